The first-order valence-corrected chi connectivity index (χ1v) is 9.25. The second-order valence-corrected chi connectivity index (χ2v) is 7.48. The van der Waals surface area contributed by atoms with Crippen molar-refractivity contribution in [3.8, 4) is 0 Å². The highest BCUT2D eigenvalue weighted by Gasteiger charge is 2.57. The van der Waals surface area contributed by atoms with Gasteiger partial charge in [-0.2, -0.15) is 0 Å². The molecule has 27 heavy (non-hydrogen) atoms. The van der Waals surface area contributed by atoms with Gasteiger partial charge in [-0.3, -0.25) is 14.4 Å². The Labute approximate surface area is 159 Å². The highest BCUT2D eigenvalue weighted by atomic mass is 16.5. The number of nitrogens with zero attached hydrogens (tertiary/aromatic N) is 2. The normalized spacial score (nSPS) is 27.2. The van der Waals surface area contributed by atoms with Crippen LogP contribution in [0.15, 0.2) is 30.3 Å². The van der Waals surface area contributed by atoms with Gasteiger partial charge in [-0.1, -0.05) is 30.3 Å². The van der Waals surface area contributed by atoms with Crippen LogP contribution in [0.4, 0.5) is 0 Å². The van der Waals surface area contributed by atoms with Gasteiger partial charge in [0.2, 0.25) is 17.7 Å². The van der Waals surface area contributed by atoms with Gasteiger partial charge in [0.05, 0.1) is 11.6 Å². The predicted molar refractivity (Wildman–Crippen MR) is 99.7 cm³/mol. The van der Waals surface area contributed by atoms with E-state index in [9.17, 15) is 14.4 Å². The first-order valence-electron chi connectivity index (χ1n) is 9.25. The molecule has 146 valence electrons. The van der Waals surface area contributed by atoms with Crippen LogP contribution in [0.1, 0.15) is 31.9 Å². The average Bonchev–Trinajstić information content (AvgIpc) is 2.96. The third kappa shape index (κ3) is 3.69. The fourth-order valence-corrected chi connectivity index (χ4v) is 4.66. The van der Waals surface area contributed by atoms with E-state index in [1.165, 1.54) is 14.0 Å². The Morgan fingerprint density at radius 2 is 1.89 bits per heavy atom. The van der Waals surface area contributed by atoms with Gasteiger partial charge in [0.15, 0.2) is 0 Å². The largest absolute Gasteiger partial charge is 0.375 e. The number of carbonyl (C=O) groups is 3. The maximum Gasteiger partial charge on any atom is 0.249 e. The predicted octanol–water partition coefficient (Wildman–Crippen LogP) is 0.960. The van der Waals surface area contributed by atoms with Crippen LogP contribution in [0.2, 0.25) is 0 Å². The zero-order chi connectivity index (χ0) is 19.6. The van der Waals surface area contributed by atoms with Gasteiger partial charge >= 0.3 is 0 Å². The molecule has 2 aliphatic rings. The molecule has 2 aliphatic heterocycles. The summed E-state index contributed by atoms with van der Waals surface area (Å²) >= 11 is 0. The van der Waals surface area contributed by atoms with Gasteiger partial charge in [0.1, 0.15) is 6.61 Å². The standard InChI is InChI=1S/C20H27N3O4/c1-14(24)21-20-12-22(15(2)25)10-9-17(20)19(16-7-5-4-6-8-16)23(13-20)18(26)11-27-3/h4-8,17,19H,9-13H2,1-3H3,(H,21,24)/t17-,19-,20-/m1/s1. The van der Waals surface area contributed by atoms with Crippen molar-refractivity contribution < 1.29 is 19.1 Å². The lowest BCUT2D eigenvalue weighted by atomic mass is 9.75. The molecule has 2 heterocycles. The van der Waals surface area contributed by atoms with E-state index in [1.54, 1.807) is 11.8 Å². The van der Waals surface area contributed by atoms with Gasteiger partial charge in [-0.15, -0.1) is 0 Å². The molecule has 7 nitrogen and oxygen atoms in total. The summed E-state index contributed by atoms with van der Waals surface area (Å²) in [6, 6.07) is 9.72. The smallest absolute Gasteiger partial charge is 0.249 e. The van der Waals surface area contributed by atoms with E-state index in [0.29, 0.717) is 19.6 Å². The number of hydrogen-bond donors (Lipinski definition) is 1. The van der Waals surface area contributed by atoms with E-state index in [0.717, 1.165) is 12.0 Å². The average molecular weight is 373 g/mol. The van der Waals surface area contributed by atoms with Crippen molar-refractivity contribution >= 4 is 17.7 Å². The highest BCUT2D eigenvalue weighted by molar-refractivity contribution is 5.80. The molecular weight excluding hydrogens is 346 g/mol. The first kappa shape index (κ1) is 19.4. The van der Waals surface area contributed by atoms with Crippen LogP contribution >= 0.6 is 0 Å². The molecule has 2 saturated heterocycles. The molecule has 0 unspecified atom stereocenters. The molecule has 1 aromatic rings. The minimum atomic E-state index is -0.653. The number of piperidine rings is 1. The Morgan fingerprint density at radius 1 is 1.19 bits per heavy atom. The van der Waals surface area contributed by atoms with Crippen molar-refractivity contribution in [1.29, 1.82) is 0 Å². The van der Waals surface area contributed by atoms with Gasteiger partial charge in [-0.05, 0) is 12.0 Å². The lowest BCUT2D eigenvalue weighted by Crippen LogP contribution is -2.64. The van der Waals surface area contributed by atoms with E-state index < -0.39 is 5.54 Å². The number of hydrogen-bond acceptors (Lipinski definition) is 4. The summed E-state index contributed by atoms with van der Waals surface area (Å²) in [6.45, 7) is 4.41. The molecule has 0 spiro atoms. The molecule has 2 fully saturated rings. The Hall–Kier alpha value is -2.41. The first-order chi connectivity index (χ1) is 12.9. The second kappa shape index (κ2) is 7.68. The Kier molecular flexibility index (Phi) is 5.51. The van der Waals surface area contributed by atoms with E-state index in [4.69, 9.17) is 4.74 Å². The molecule has 0 aliphatic carbocycles. The molecule has 3 rings (SSSR count). The summed E-state index contributed by atoms with van der Waals surface area (Å²) in [4.78, 5) is 40.4. The van der Waals surface area contributed by atoms with E-state index >= 15 is 0 Å². The fourth-order valence-electron chi connectivity index (χ4n) is 4.66. The summed E-state index contributed by atoms with van der Waals surface area (Å²) in [5.41, 5.74) is 0.384. The molecule has 3 atom stereocenters. The van der Waals surface area contributed by atoms with Crippen LogP contribution in [0.5, 0.6) is 0 Å². The highest BCUT2D eigenvalue weighted by Crippen LogP contribution is 2.47. The molecule has 0 saturated carbocycles. The van der Waals surface area contributed by atoms with E-state index in [2.05, 4.69) is 5.32 Å². The van der Waals surface area contributed by atoms with E-state index in [1.807, 2.05) is 35.2 Å². The monoisotopic (exact) mass is 373 g/mol. The van der Waals surface area contributed by atoms with Crippen molar-refractivity contribution in [3.05, 3.63) is 35.9 Å². The van der Waals surface area contributed by atoms with Crippen molar-refractivity contribution in [3.63, 3.8) is 0 Å². The third-order valence-corrected chi connectivity index (χ3v) is 5.66. The Bertz CT molecular complexity index is 723. The summed E-state index contributed by atoms with van der Waals surface area (Å²) in [7, 11) is 1.50. The lowest BCUT2D eigenvalue weighted by molar-refractivity contribution is -0.136. The number of benzene rings is 1. The topological polar surface area (TPSA) is 79.0 Å². The van der Waals surface area contributed by atoms with Crippen LogP contribution in [-0.2, 0) is 19.1 Å². The lowest BCUT2D eigenvalue weighted by Gasteiger charge is -2.45. The van der Waals surface area contributed by atoms with Crippen molar-refractivity contribution in [2.45, 2.75) is 31.8 Å². The molecule has 3 amide bonds. The van der Waals surface area contributed by atoms with Gasteiger partial charge < -0.3 is 19.9 Å². The molecule has 1 aromatic carbocycles. The van der Waals surface area contributed by atoms with E-state index in [-0.39, 0.29) is 36.3 Å². The number of likely N-dealkylation sites (tertiary alicyclic amines) is 2. The number of ether oxygens (including phenoxy) is 1. The van der Waals surface area contributed by atoms with Crippen LogP contribution in [0.25, 0.3) is 0 Å². The number of nitrogens with one attached hydrogen (secondary N) is 1. The minimum Gasteiger partial charge on any atom is -0.375 e. The van der Waals surface area contributed by atoms with Crippen molar-refractivity contribution in [1.82, 2.24) is 15.1 Å². The summed E-state index contributed by atoms with van der Waals surface area (Å²) < 4.78 is 5.08. The minimum absolute atomic E-state index is 0.0113. The molecule has 1 N–H and O–H groups in total. The number of methoxy groups -OCH3 is 1. The molecule has 7 heteroatoms. The SMILES string of the molecule is COCC(=O)N1C[C@]2(NC(C)=O)CN(C(C)=O)CC[C@@H]2[C@H]1c1ccccc1. The maximum atomic E-state index is 12.8. The molecule has 0 radical (unpaired) electrons. The molecule has 0 aromatic heterocycles. The number of amides is 3. The van der Waals surface area contributed by atoms with Crippen LogP contribution in [0.3, 0.4) is 0 Å². The zero-order valence-electron chi connectivity index (χ0n) is 16.1. The number of carbonyl (C=O) groups excluding carboxylic acids is 3. The van der Waals surface area contributed by atoms with Crippen LogP contribution in [0, 0.1) is 5.92 Å². The molecule has 0 bridgehead atoms. The second-order valence-electron chi connectivity index (χ2n) is 7.48. The zero-order valence-corrected chi connectivity index (χ0v) is 16.1. The summed E-state index contributed by atoms with van der Waals surface area (Å²) in [5.74, 6) is -0.255. The van der Waals surface area contributed by atoms with Crippen molar-refractivity contribution in [2.24, 2.45) is 5.92 Å². The Balaban J connectivity index is 2.04. The molecular formula is C20H27N3O4. The Morgan fingerprint density at radius 3 is 2.48 bits per heavy atom. The summed E-state index contributed by atoms with van der Waals surface area (Å²) in [5, 5.41) is 3.10. The maximum absolute atomic E-state index is 12.8. The number of rotatable bonds is 4. The fraction of sp³-hybridized carbons (Fsp3) is 0.550. The van der Waals surface area contributed by atoms with Crippen LogP contribution < -0.4 is 5.32 Å². The summed E-state index contributed by atoms with van der Waals surface area (Å²) in [6.07, 6.45) is 0.718. The third-order valence-electron chi connectivity index (χ3n) is 5.66. The number of fused-ring (bicyclic) bond motifs is 1. The van der Waals surface area contributed by atoms with Crippen LogP contribution in [-0.4, -0.2) is 66.4 Å². The van der Waals surface area contributed by atoms with Crippen molar-refractivity contribution in [2.75, 3.05) is 33.4 Å². The quantitative estimate of drug-likeness (QED) is 0.853. The van der Waals surface area contributed by atoms with Gasteiger partial charge in [0, 0.05) is 46.5 Å². The van der Waals surface area contributed by atoms with Gasteiger partial charge in [0.25, 0.3) is 0 Å². The van der Waals surface area contributed by atoms with Gasteiger partial charge in [-0.25, -0.2) is 0 Å².